The van der Waals surface area contributed by atoms with Crippen molar-refractivity contribution in [3.63, 3.8) is 0 Å². The minimum absolute atomic E-state index is 0.101. The first kappa shape index (κ1) is 25.9. The zero-order chi connectivity index (χ0) is 27.5. The number of ether oxygens (including phenoxy) is 1. The number of hydrogen-bond donors (Lipinski definition) is 3. The first-order valence-electron chi connectivity index (χ1n) is 12.6. The lowest BCUT2D eigenvalue weighted by Crippen LogP contribution is -2.37. The van der Waals surface area contributed by atoms with E-state index in [0.29, 0.717) is 22.5 Å². The second-order valence-corrected chi connectivity index (χ2v) is 9.64. The molecule has 0 spiro atoms. The molecule has 0 radical (unpaired) electrons. The molecule has 3 aromatic carbocycles. The summed E-state index contributed by atoms with van der Waals surface area (Å²) in [4.78, 5) is 42.1. The maximum absolute atomic E-state index is 14.8. The number of carbonyl (C=O) groups is 3. The molecule has 39 heavy (non-hydrogen) atoms. The van der Waals surface area contributed by atoms with Crippen LogP contribution in [-0.4, -0.2) is 29.7 Å². The van der Waals surface area contributed by atoms with E-state index in [4.69, 9.17) is 4.74 Å². The van der Waals surface area contributed by atoms with Gasteiger partial charge < -0.3 is 20.4 Å². The SMILES string of the molecule is COc1cccc(CNC(=O)c2cc(C3NC(=O)CC(C)=C3C(=O)Cc3ccc4[nH]ccc4c3)ccc2F)c1. The molecule has 198 valence electrons. The van der Waals surface area contributed by atoms with E-state index in [-0.39, 0.29) is 36.6 Å². The third-order valence-electron chi connectivity index (χ3n) is 6.92. The summed E-state index contributed by atoms with van der Waals surface area (Å²) in [7, 11) is 1.55. The molecule has 1 aliphatic rings. The van der Waals surface area contributed by atoms with Crippen LogP contribution in [0.5, 0.6) is 5.75 Å². The van der Waals surface area contributed by atoms with Crippen molar-refractivity contribution in [3.05, 3.63) is 112 Å². The van der Waals surface area contributed by atoms with Crippen LogP contribution in [0.1, 0.15) is 46.4 Å². The smallest absolute Gasteiger partial charge is 0.254 e. The molecule has 0 aliphatic carbocycles. The van der Waals surface area contributed by atoms with Crippen molar-refractivity contribution in [3.8, 4) is 5.75 Å². The van der Waals surface area contributed by atoms with Gasteiger partial charge in [0, 0.05) is 36.7 Å². The normalized spacial score (nSPS) is 15.3. The number of nitrogens with one attached hydrogen (secondary N) is 3. The van der Waals surface area contributed by atoms with Crippen LogP contribution in [0.3, 0.4) is 0 Å². The van der Waals surface area contributed by atoms with E-state index in [1.54, 1.807) is 32.2 Å². The Labute approximate surface area is 225 Å². The van der Waals surface area contributed by atoms with Gasteiger partial charge in [0.25, 0.3) is 5.91 Å². The van der Waals surface area contributed by atoms with Crippen molar-refractivity contribution < 1.29 is 23.5 Å². The van der Waals surface area contributed by atoms with E-state index in [9.17, 15) is 18.8 Å². The molecule has 1 aliphatic heterocycles. The Hall–Kier alpha value is -4.72. The van der Waals surface area contributed by atoms with Crippen LogP contribution in [0.4, 0.5) is 4.39 Å². The number of Topliss-reactive ketones (excluding diaryl/α,β-unsaturated/α-hetero) is 1. The Balaban J connectivity index is 1.39. The number of fused-ring (bicyclic) bond motifs is 1. The van der Waals surface area contributed by atoms with Gasteiger partial charge in [-0.15, -0.1) is 0 Å². The summed E-state index contributed by atoms with van der Waals surface area (Å²) < 4.78 is 20.0. The summed E-state index contributed by atoms with van der Waals surface area (Å²) in [6.07, 6.45) is 2.09. The fourth-order valence-electron chi connectivity index (χ4n) is 4.97. The van der Waals surface area contributed by atoms with Crippen LogP contribution >= 0.6 is 0 Å². The molecular weight excluding hydrogens is 497 g/mol. The molecule has 3 N–H and O–H groups in total. The van der Waals surface area contributed by atoms with Gasteiger partial charge in [0.05, 0.1) is 18.7 Å². The van der Waals surface area contributed by atoms with Crippen LogP contribution in [0.15, 0.2) is 84.1 Å². The van der Waals surface area contributed by atoms with Gasteiger partial charge in [-0.2, -0.15) is 0 Å². The average molecular weight is 526 g/mol. The molecular formula is C31H28FN3O4. The third-order valence-corrected chi connectivity index (χ3v) is 6.92. The molecule has 0 saturated heterocycles. The van der Waals surface area contributed by atoms with Gasteiger partial charge in [0.2, 0.25) is 5.91 Å². The maximum Gasteiger partial charge on any atom is 0.254 e. The van der Waals surface area contributed by atoms with Crippen molar-refractivity contribution in [1.82, 2.24) is 15.6 Å². The van der Waals surface area contributed by atoms with E-state index < -0.39 is 17.8 Å². The summed E-state index contributed by atoms with van der Waals surface area (Å²) in [5.41, 5.74) is 4.02. The fourth-order valence-corrected chi connectivity index (χ4v) is 4.97. The number of hydrogen-bond acceptors (Lipinski definition) is 4. The van der Waals surface area contributed by atoms with Crippen molar-refractivity contribution >= 4 is 28.5 Å². The molecule has 0 fully saturated rings. The number of aromatic nitrogens is 1. The number of ketones is 1. The Kier molecular flexibility index (Phi) is 7.27. The van der Waals surface area contributed by atoms with Crippen LogP contribution < -0.4 is 15.4 Å². The zero-order valence-corrected chi connectivity index (χ0v) is 21.6. The van der Waals surface area contributed by atoms with Crippen LogP contribution in [-0.2, 0) is 22.6 Å². The predicted molar refractivity (Wildman–Crippen MR) is 146 cm³/mol. The Bertz CT molecular complexity index is 1620. The van der Waals surface area contributed by atoms with Crippen molar-refractivity contribution in [1.29, 1.82) is 0 Å². The Morgan fingerprint density at radius 3 is 2.72 bits per heavy atom. The van der Waals surface area contributed by atoms with E-state index in [0.717, 1.165) is 22.0 Å². The van der Waals surface area contributed by atoms with E-state index in [1.807, 2.05) is 36.5 Å². The predicted octanol–water partition coefficient (Wildman–Crippen LogP) is 4.93. The van der Waals surface area contributed by atoms with Crippen molar-refractivity contribution in [2.45, 2.75) is 32.4 Å². The van der Waals surface area contributed by atoms with E-state index in [1.165, 1.54) is 18.2 Å². The molecule has 4 aromatic rings. The molecule has 0 bridgehead atoms. The number of methoxy groups -OCH3 is 1. The molecule has 8 heteroatoms. The number of H-pyrrole nitrogens is 1. The molecule has 2 heterocycles. The summed E-state index contributed by atoms with van der Waals surface area (Å²) in [6, 6.07) is 18.2. The van der Waals surface area contributed by atoms with Crippen LogP contribution in [0, 0.1) is 5.82 Å². The summed E-state index contributed by atoms with van der Waals surface area (Å²) in [5, 5.41) is 6.60. The Morgan fingerprint density at radius 2 is 1.90 bits per heavy atom. The van der Waals surface area contributed by atoms with Crippen LogP contribution in [0.2, 0.25) is 0 Å². The minimum atomic E-state index is -0.791. The van der Waals surface area contributed by atoms with E-state index >= 15 is 0 Å². The standard InChI is InChI=1S/C31H28FN3O4/c1-18-12-28(37)35-30(29(18)27(36)15-19-6-9-26-21(13-19)10-11-33-26)22-7-8-25(32)24(16-22)31(38)34-17-20-4-3-5-23(14-20)39-2/h3-11,13-14,16,30,33H,12,15,17H2,1-2H3,(H,34,38)(H,35,37). The number of amides is 2. The highest BCUT2D eigenvalue weighted by molar-refractivity contribution is 6.02. The highest BCUT2D eigenvalue weighted by Gasteiger charge is 2.31. The molecule has 0 saturated carbocycles. The first-order chi connectivity index (χ1) is 18.8. The monoisotopic (exact) mass is 525 g/mol. The highest BCUT2D eigenvalue weighted by Crippen LogP contribution is 2.32. The number of rotatable bonds is 8. The highest BCUT2D eigenvalue weighted by atomic mass is 19.1. The van der Waals surface area contributed by atoms with Gasteiger partial charge in [0.15, 0.2) is 5.78 Å². The van der Waals surface area contributed by atoms with Crippen molar-refractivity contribution in [2.24, 2.45) is 0 Å². The van der Waals surface area contributed by atoms with Gasteiger partial charge in [-0.25, -0.2) is 4.39 Å². The molecule has 2 amide bonds. The average Bonchev–Trinajstić information content (AvgIpc) is 3.39. The minimum Gasteiger partial charge on any atom is -0.497 e. The number of aromatic amines is 1. The zero-order valence-electron chi connectivity index (χ0n) is 21.6. The van der Waals surface area contributed by atoms with Gasteiger partial charge in [0.1, 0.15) is 11.6 Å². The maximum atomic E-state index is 14.8. The molecule has 5 rings (SSSR count). The second-order valence-electron chi connectivity index (χ2n) is 9.64. The number of benzene rings is 3. The number of carbonyl (C=O) groups excluding carboxylic acids is 3. The molecule has 7 nitrogen and oxygen atoms in total. The van der Waals surface area contributed by atoms with Gasteiger partial charge >= 0.3 is 0 Å². The fraction of sp³-hybridized carbons (Fsp3) is 0.194. The molecule has 1 atom stereocenters. The quantitative estimate of drug-likeness (QED) is 0.304. The Morgan fingerprint density at radius 1 is 1.05 bits per heavy atom. The largest absolute Gasteiger partial charge is 0.497 e. The summed E-state index contributed by atoms with van der Waals surface area (Å²) >= 11 is 0. The lowest BCUT2D eigenvalue weighted by atomic mass is 9.85. The van der Waals surface area contributed by atoms with Gasteiger partial charge in [-0.1, -0.05) is 29.8 Å². The topological polar surface area (TPSA) is 100 Å². The van der Waals surface area contributed by atoms with Crippen molar-refractivity contribution in [2.75, 3.05) is 7.11 Å². The molecule has 1 aromatic heterocycles. The van der Waals surface area contributed by atoms with Crippen LogP contribution in [0.25, 0.3) is 10.9 Å². The van der Waals surface area contributed by atoms with E-state index in [2.05, 4.69) is 15.6 Å². The molecule has 1 unspecified atom stereocenters. The lowest BCUT2D eigenvalue weighted by molar-refractivity contribution is -0.121. The van der Waals surface area contributed by atoms with Gasteiger partial charge in [-0.3, -0.25) is 14.4 Å². The summed E-state index contributed by atoms with van der Waals surface area (Å²) in [6.45, 7) is 1.94. The first-order valence-corrected chi connectivity index (χ1v) is 12.6. The summed E-state index contributed by atoms with van der Waals surface area (Å²) in [5.74, 6) is -1.03. The van der Waals surface area contributed by atoms with Gasteiger partial charge in [-0.05, 0) is 71.5 Å². The number of halogens is 1. The third kappa shape index (κ3) is 5.60. The lowest BCUT2D eigenvalue weighted by Gasteiger charge is -2.28. The second kappa shape index (κ2) is 10.9.